The number of aromatic nitrogens is 2. The Morgan fingerprint density at radius 1 is 1.24 bits per heavy atom. The zero-order valence-corrected chi connectivity index (χ0v) is 13.3. The van der Waals surface area contributed by atoms with E-state index in [4.69, 9.17) is 14.1 Å². The second-order valence-corrected chi connectivity index (χ2v) is 6.05. The molecule has 0 atom stereocenters. The van der Waals surface area contributed by atoms with Crippen LogP contribution >= 0.6 is 0 Å². The van der Waals surface area contributed by atoms with Gasteiger partial charge in [0.1, 0.15) is 18.2 Å². The summed E-state index contributed by atoms with van der Waals surface area (Å²) in [6, 6.07) is 9.78. The topological polar surface area (TPSA) is 74.3 Å². The molecule has 0 bridgehead atoms. The number of benzene rings is 1. The molecular formula is C19H12N2O4. The van der Waals surface area contributed by atoms with Gasteiger partial charge in [-0.15, -0.1) is 0 Å². The highest BCUT2D eigenvalue weighted by Crippen LogP contribution is 2.41. The van der Waals surface area contributed by atoms with Gasteiger partial charge in [0.2, 0.25) is 0 Å². The molecule has 0 saturated heterocycles. The van der Waals surface area contributed by atoms with Gasteiger partial charge in [-0.2, -0.15) is 0 Å². The molecule has 122 valence electrons. The van der Waals surface area contributed by atoms with Gasteiger partial charge in [-0.05, 0) is 12.1 Å². The van der Waals surface area contributed by atoms with Crippen molar-refractivity contribution < 1.29 is 13.9 Å². The van der Waals surface area contributed by atoms with Crippen LogP contribution in [0.15, 0.2) is 52.1 Å². The molecule has 0 aliphatic carbocycles. The summed E-state index contributed by atoms with van der Waals surface area (Å²) in [4.78, 5) is 29.2. The van der Waals surface area contributed by atoms with E-state index in [1.165, 1.54) is 19.5 Å². The summed E-state index contributed by atoms with van der Waals surface area (Å²) < 4.78 is 12.2. The zero-order chi connectivity index (χ0) is 17.1. The van der Waals surface area contributed by atoms with Gasteiger partial charge in [-0.3, -0.25) is 14.2 Å². The van der Waals surface area contributed by atoms with Crippen molar-refractivity contribution >= 4 is 27.6 Å². The minimum atomic E-state index is -0.460. The molecule has 0 saturated carbocycles. The SMILES string of the molecule is CC(=O)Oc1c2n(c(=O)c3cocc13)Cc1cc3ccccc3nc1-2. The van der Waals surface area contributed by atoms with Gasteiger partial charge in [0, 0.05) is 17.9 Å². The Balaban J connectivity index is 1.91. The lowest BCUT2D eigenvalue weighted by Crippen LogP contribution is -2.20. The summed E-state index contributed by atoms with van der Waals surface area (Å²) in [5.41, 5.74) is 2.75. The first-order valence-corrected chi connectivity index (χ1v) is 7.83. The third-order valence-electron chi connectivity index (χ3n) is 4.47. The fourth-order valence-corrected chi connectivity index (χ4v) is 3.42. The van der Waals surface area contributed by atoms with Crippen molar-refractivity contribution in [2.45, 2.75) is 13.5 Å². The Hall–Kier alpha value is -3.41. The molecule has 0 radical (unpaired) electrons. The average Bonchev–Trinajstić information content (AvgIpc) is 3.21. The predicted molar refractivity (Wildman–Crippen MR) is 91.6 cm³/mol. The van der Waals surface area contributed by atoms with Crippen LogP contribution in [0.1, 0.15) is 12.5 Å². The molecule has 0 N–H and O–H groups in total. The van der Waals surface area contributed by atoms with Crippen LogP contribution in [0.25, 0.3) is 33.1 Å². The first kappa shape index (κ1) is 14.0. The van der Waals surface area contributed by atoms with Gasteiger partial charge in [0.15, 0.2) is 5.75 Å². The van der Waals surface area contributed by atoms with Gasteiger partial charge in [-0.1, -0.05) is 18.2 Å². The van der Waals surface area contributed by atoms with Gasteiger partial charge >= 0.3 is 5.97 Å². The maximum Gasteiger partial charge on any atom is 0.308 e. The predicted octanol–water partition coefficient (Wildman–Crippen LogP) is 3.10. The van der Waals surface area contributed by atoms with Crippen molar-refractivity contribution in [2.24, 2.45) is 0 Å². The lowest BCUT2D eigenvalue weighted by molar-refractivity contribution is -0.131. The van der Waals surface area contributed by atoms with E-state index in [2.05, 4.69) is 0 Å². The fourth-order valence-electron chi connectivity index (χ4n) is 3.42. The number of rotatable bonds is 1. The first-order valence-electron chi connectivity index (χ1n) is 7.83. The minimum absolute atomic E-state index is 0.184. The third kappa shape index (κ3) is 1.88. The number of hydrogen-bond acceptors (Lipinski definition) is 5. The van der Waals surface area contributed by atoms with E-state index in [0.717, 1.165) is 16.5 Å². The molecule has 4 heterocycles. The van der Waals surface area contributed by atoms with Crippen LogP contribution < -0.4 is 10.3 Å². The van der Waals surface area contributed by atoms with Crippen molar-refractivity contribution in [2.75, 3.05) is 0 Å². The number of nitrogens with zero attached hydrogens (tertiary/aromatic N) is 2. The van der Waals surface area contributed by atoms with Crippen molar-refractivity contribution in [3.05, 3.63) is 58.8 Å². The molecule has 1 aromatic carbocycles. The number of carbonyl (C=O) groups excluding carboxylic acids is 1. The number of para-hydroxylation sites is 1. The molecular weight excluding hydrogens is 320 g/mol. The Bertz CT molecular complexity index is 1250. The van der Waals surface area contributed by atoms with E-state index in [9.17, 15) is 9.59 Å². The van der Waals surface area contributed by atoms with Crippen LogP contribution in [-0.2, 0) is 11.3 Å². The van der Waals surface area contributed by atoms with Crippen molar-refractivity contribution in [1.82, 2.24) is 9.55 Å². The molecule has 6 nitrogen and oxygen atoms in total. The van der Waals surface area contributed by atoms with E-state index < -0.39 is 5.97 Å². The van der Waals surface area contributed by atoms with Crippen molar-refractivity contribution in [3.8, 4) is 17.1 Å². The lowest BCUT2D eigenvalue weighted by Gasteiger charge is -2.10. The number of hydrogen-bond donors (Lipinski definition) is 0. The molecule has 4 aromatic rings. The molecule has 0 spiro atoms. The second-order valence-electron chi connectivity index (χ2n) is 6.05. The number of pyridine rings is 2. The molecule has 5 rings (SSSR count). The largest absolute Gasteiger partial charge is 0.471 e. The van der Waals surface area contributed by atoms with Crippen LogP contribution in [0, 0.1) is 0 Å². The summed E-state index contributed by atoms with van der Waals surface area (Å²) >= 11 is 0. The molecule has 1 aliphatic rings. The number of carbonyl (C=O) groups is 1. The van der Waals surface area contributed by atoms with Gasteiger partial charge in [-0.25, -0.2) is 4.98 Å². The van der Waals surface area contributed by atoms with Gasteiger partial charge in [0.05, 0.1) is 28.5 Å². The van der Waals surface area contributed by atoms with E-state index in [1.54, 1.807) is 4.57 Å². The molecule has 0 amide bonds. The Morgan fingerprint density at radius 2 is 2.04 bits per heavy atom. The number of ether oxygens (including phenoxy) is 1. The monoisotopic (exact) mass is 332 g/mol. The quantitative estimate of drug-likeness (QED) is 0.441. The van der Waals surface area contributed by atoms with E-state index in [1.807, 2.05) is 30.3 Å². The van der Waals surface area contributed by atoms with Crippen LogP contribution in [0.5, 0.6) is 5.75 Å². The summed E-state index contributed by atoms with van der Waals surface area (Å²) in [7, 11) is 0. The van der Waals surface area contributed by atoms with Gasteiger partial charge < -0.3 is 9.15 Å². The molecule has 3 aromatic heterocycles. The van der Waals surface area contributed by atoms with Crippen molar-refractivity contribution in [1.29, 1.82) is 0 Å². The molecule has 6 heteroatoms. The Morgan fingerprint density at radius 3 is 2.88 bits per heavy atom. The fraction of sp³-hybridized carbons (Fsp3) is 0.105. The Kier molecular flexibility index (Phi) is 2.68. The van der Waals surface area contributed by atoms with Crippen LogP contribution in [0.4, 0.5) is 0 Å². The number of furan rings is 1. The number of fused-ring (bicyclic) bond motifs is 5. The minimum Gasteiger partial charge on any atom is -0.471 e. The maximum absolute atomic E-state index is 12.8. The van der Waals surface area contributed by atoms with Gasteiger partial charge in [0.25, 0.3) is 5.56 Å². The molecule has 0 fully saturated rings. The highest BCUT2D eigenvalue weighted by Gasteiger charge is 2.29. The van der Waals surface area contributed by atoms with Crippen molar-refractivity contribution in [3.63, 3.8) is 0 Å². The summed E-state index contributed by atoms with van der Waals surface area (Å²) in [5.74, 6) is -0.143. The Labute approximate surface area is 141 Å². The van der Waals surface area contributed by atoms with Crippen LogP contribution in [-0.4, -0.2) is 15.5 Å². The van der Waals surface area contributed by atoms with Crippen LogP contribution in [0.2, 0.25) is 0 Å². The summed E-state index contributed by atoms with van der Waals surface area (Å²) in [5, 5.41) is 1.87. The number of esters is 1. The highest BCUT2D eigenvalue weighted by atomic mass is 16.5. The molecule has 25 heavy (non-hydrogen) atoms. The highest BCUT2D eigenvalue weighted by molar-refractivity contribution is 5.96. The third-order valence-corrected chi connectivity index (χ3v) is 4.47. The van der Waals surface area contributed by atoms with Crippen LogP contribution in [0.3, 0.4) is 0 Å². The van der Waals surface area contributed by atoms with E-state index in [-0.39, 0.29) is 5.56 Å². The molecule has 0 unspecified atom stereocenters. The average molecular weight is 332 g/mol. The smallest absolute Gasteiger partial charge is 0.308 e. The first-order chi connectivity index (χ1) is 12.1. The zero-order valence-electron chi connectivity index (χ0n) is 13.3. The second kappa shape index (κ2) is 4.80. The van der Waals surface area contributed by atoms with E-state index >= 15 is 0 Å². The maximum atomic E-state index is 12.8. The standard InChI is InChI=1S/C19H12N2O4/c1-10(22)25-18-13-8-24-9-14(13)19(23)21-7-12-6-11-4-2-3-5-15(11)20-16(12)17(18)21/h2-6,8-9H,7H2,1H3. The van der Waals surface area contributed by atoms with E-state index in [0.29, 0.717) is 34.5 Å². The lowest BCUT2D eigenvalue weighted by atomic mass is 10.1. The molecule has 1 aliphatic heterocycles. The summed E-state index contributed by atoms with van der Waals surface area (Å²) in [6.07, 6.45) is 2.81. The summed E-state index contributed by atoms with van der Waals surface area (Å²) in [6.45, 7) is 1.72. The normalized spacial score (nSPS) is 12.4.